The van der Waals surface area contributed by atoms with Crippen LogP contribution in [0.2, 0.25) is 0 Å². The maximum atomic E-state index is 11.7. The van der Waals surface area contributed by atoms with Crippen LogP contribution in [-0.4, -0.2) is 58.3 Å². The van der Waals surface area contributed by atoms with Crippen LogP contribution < -0.4 is 15.2 Å². The molecule has 0 spiro atoms. The monoisotopic (exact) mass is 515 g/mol. The lowest BCUT2D eigenvalue weighted by atomic mass is 10.1. The fourth-order valence-electron chi connectivity index (χ4n) is 3.71. The Morgan fingerprint density at radius 1 is 1.11 bits per heavy atom. The molecule has 4 rings (SSSR count). The summed E-state index contributed by atoms with van der Waals surface area (Å²) in [6.45, 7) is 13.4. The van der Waals surface area contributed by atoms with E-state index in [1.54, 1.807) is 18.2 Å². The average Bonchev–Trinajstić information content (AvgIpc) is 3.31. The molecule has 0 bridgehead atoms. The predicted molar refractivity (Wildman–Crippen MR) is 148 cm³/mol. The summed E-state index contributed by atoms with van der Waals surface area (Å²) >= 11 is 1.52. The lowest BCUT2D eigenvalue weighted by Crippen LogP contribution is -2.43. The van der Waals surface area contributed by atoms with Gasteiger partial charge in [0, 0.05) is 43.7 Å². The highest BCUT2D eigenvalue weighted by molar-refractivity contribution is 7.82. The molecule has 2 heterocycles. The summed E-state index contributed by atoms with van der Waals surface area (Å²) in [4.78, 5) is 10.2. The van der Waals surface area contributed by atoms with E-state index in [0.717, 1.165) is 49.1 Å². The summed E-state index contributed by atoms with van der Waals surface area (Å²) < 4.78 is 17.6. The van der Waals surface area contributed by atoms with Gasteiger partial charge >= 0.3 is 0 Å². The van der Waals surface area contributed by atoms with Crippen LogP contribution in [0, 0.1) is 0 Å². The molecule has 1 aliphatic heterocycles. The van der Waals surface area contributed by atoms with Crippen LogP contribution in [0.1, 0.15) is 33.3 Å². The fourth-order valence-corrected chi connectivity index (χ4v) is 4.88. The van der Waals surface area contributed by atoms with Gasteiger partial charge in [0.2, 0.25) is 0 Å². The molecule has 190 valence electrons. The van der Waals surface area contributed by atoms with E-state index >= 15 is 0 Å². The first-order valence-corrected chi connectivity index (χ1v) is 14.2. The van der Waals surface area contributed by atoms with E-state index in [1.807, 2.05) is 33.1 Å². The Hall–Kier alpha value is -2.30. The number of hydrogen-bond donors (Lipinski definition) is 2. The second kappa shape index (κ2) is 13.1. The van der Waals surface area contributed by atoms with Crippen molar-refractivity contribution < 1.29 is 8.95 Å². The maximum Gasteiger partial charge on any atom is 0.187 e. The number of nitrogens with zero attached hydrogens (tertiary/aromatic N) is 3. The molecule has 3 aromatic rings. The summed E-state index contributed by atoms with van der Waals surface area (Å²) in [5.74, 6) is 0.671. The minimum absolute atomic E-state index is 0.0102. The molecule has 1 aliphatic rings. The van der Waals surface area contributed by atoms with Crippen LogP contribution in [0.25, 0.3) is 11.3 Å². The van der Waals surface area contributed by atoms with Crippen molar-refractivity contribution in [3.05, 3.63) is 53.4 Å². The van der Waals surface area contributed by atoms with E-state index < -0.39 is 11.0 Å². The number of likely N-dealkylation sites (N-methyl/N-ethyl adjacent to an activating group) is 1. The van der Waals surface area contributed by atoms with Gasteiger partial charge in [-0.2, -0.15) is 0 Å². The van der Waals surface area contributed by atoms with Crippen molar-refractivity contribution in [1.29, 1.82) is 0 Å². The molecular weight excluding hydrogens is 478 g/mol. The molecule has 35 heavy (non-hydrogen) atoms. The molecule has 1 unspecified atom stereocenters. The number of nitrogens with one attached hydrogen (secondary N) is 1. The van der Waals surface area contributed by atoms with Gasteiger partial charge in [-0.25, -0.2) is 14.3 Å². The molecule has 9 heteroatoms. The van der Waals surface area contributed by atoms with Gasteiger partial charge in [0.1, 0.15) is 16.7 Å². The highest BCUT2D eigenvalue weighted by Gasteiger charge is 2.15. The lowest BCUT2D eigenvalue weighted by Gasteiger charge is -2.32. The number of thiazole rings is 1. The van der Waals surface area contributed by atoms with Crippen molar-refractivity contribution in [2.75, 3.05) is 38.5 Å². The highest BCUT2D eigenvalue weighted by Crippen LogP contribution is 2.33. The van der Waals surface area contributed by atoms with Crippen LogP contribution in [0.15, 0.2) is 52.7 Å². The molecule has 2 aromatic carbocycles. The Morgan fingerprint density at radius 3 is 2.43 bits per heavy atom. The van der Waals surface area contributed by atoms with E-state index in [0.29, 0.717) is 16.3 Å². The van der Waals surface area contributed by atoms with Crippen LogP contribution in [0.5, 0.6) is 5.75 Å². The Bertz CT molecular complexity index is 1090. The van der Waals surface area contributed by atoms with E-state index in [-0.39, 0.29) is 6.10 Å². The maximum absolute atomic E-state index is 11.7. The number of anilines is 2. The molecule has 0 saturated carbocycles. The molecule has 0 radical (unpaired) electrons. The zero-order valence-electron chi connectivity index (χ0n) is 21.3. The van der Waals surface area contributed by atoms with Gasteiger partial charge in [0.25, 0.3) is 0 Å². The summed E-state index contributed by atoms with van der Waals surface area (Å²) in [6, 6.07) is 13.9. The lowest BCUT2D eigenvalue weighted by molar-refractivity contribution is 0.148. The summed E-state index contributed by atoms with van der Waals surface area (Å²) in [6.07, 6.45) is 0.0102. The van der Waals surface area contributed by atoms with Crippen molar-refractivity contribution in [3.63, 3.8) is 0 Å². The summed E-state index contributed by atoms with van der Waals surface area (Å²) in [5.41, 5.74) is 4.01. The normalized spacial score (nSPS) is 15.4. The van der Waals surface area contributed by atoms with Crippen LogP contribution in [-0.2, 0) is 17.5 Å². The topological polar surface area (TPSA) is 83.7 Å². The smallest absolute Gasteiger partial charge is 0.187 e. The number of nitrogens with two attached hydrogens (primary N) is 1. The average molecular weight is 516 g/mol. The number of ether oxygens (including phenoxy) is 1. The quantitative estimate of drug-likeness (QED) is 0.434. The third-order valence-electron chi connectivity index (χ3n) is 5.54. The Kier molecular flexibility index (Phi) is 10.2. The van der Waals surface area contributed by atoms with Gasteiger partial charge in [-0.15, -0.1) is 11.3 Å². The van der Waals surface area contributed by atoms with E-state index in [2.05, 4.69) is 46.4 Å². The van der Waals surface area contributed by atoms with Gasteiger partial charge in [0.05, 0.1) is 22.4 Å². The third-order valence-corrected chi connectivity index (χ3v) is 7.02. The minimum atomic E-state index is -1.57. The molecule has 0 amide bonds. The zero-order chi connectivity index (χ0) is 25.4. The SMILES string of the molecule is CC.CC(C)Oc1ccc(S(N)=O)cc1Nc1nc(-c2ccc(CN3CCN(C)CC3)cc2)cs1. The van der Waals surface area contributed by atoms with Crippen LogP contribution >= 0.6 is 11.3 Å². The predicted octanol–water partition coefficient (Wildman–Crippen LogP) is 5.10. The van der Waals surface area contributed by atoms with Gasteiger partial charge in [-0.05, 0) is 44.7 Å². The van der Waals surface area contributed by atoms with Gasteiger partial charge < -0.3 is 15.0 Å². The second-order valence-corrected chi connectivity index (χ2v) is 10.5. The third kappa shape index (κ3) is 7.85. The summed E-state index contributed by atoms with van der Waals surface area (Å²) in [5, 5.41) is 11.7. The Labute approximate surface area is 215 Å². The largest absolute Gasteiger partial charge is 0.489 e. The highest BCUT2D eigenvalue weighted by atomic mass is 32.2. The molecule has 3 N–H and O–H groups in total. The first-order valence-electron chi connectivity index (χ1n) is 12.1. The van der Waals surface area contributed by atoms with Crippen molar-refractivity contribution in [1.82, 2.24) is 14.8 Å². The molecule has 1 atom stereocenters. The van der Waals surface area contributed by atoms with Crippen molar-refractivity contribution >= 4 is 33.1 Å². The van der Waals surface area contributed by atoms with Gasteiger partial charge in [0.15, 0.2) is 5.13 Å². The first kappa shape index (κ1) is 27.3. The van der Waals surface area contributed by atoms with E-state index in [1.165, 1.54) is 16.9 Å². The molecule has 7 nitrogen and oxygen atoms in total. The van der Waals surface area contributed by atoms with Crippen LogP contribution in [0.4, 0.5) is 10.8 Å². The number of rotatable bonds is 8. The molecule has 1 aromatic heterocycles. The fraction of sp³-hybridized carbons (Fsp3) is 0.423. The van der Waals surface area contributed by atoms with E-state index in [4.69, 9.17) is 14.9 Å². The van der Waals surface area contributed by atoms with Crippen LogP contribution in [0.3, 0.4) is 0 Å². The number of piperazine rings is 1. The second-order valence-electron chi connectivity index (χ2n) is 8.56. The Morgan fingerprint density at radius 2 is 1.80 bits per heavy atom. The van der Waals surface area contributed by atoms with Gasteiger partial charge in [-0.1, -0.05) is 38.1 Å². The first-order chi connectivity index (χ1) is 16.9. The molecular formula is C26H37N5O2S2. The molecule has 1 saturated heterocycles. The standard InChI is InChI=1S/C24H31N5O2S2.C2H6/c1-17(2)31-23-9-8-20(33(25)30)14-21(23)26-24-27-22(16-32-24)19-6-4-18(5-7-19)15-29-12-10-28(3)11-13-29;1-2/h4-9,14,16-17H,10-13,15,25H2,1-3H3,(H,26,27);1-2H3. The van der Waals surface area contributed by atoms with Gasteiger partial charge in [-0.3, -0.25) is 4.90 Å². The van der Waals surface area contributed by atoms with Crippen molar-refractivity contribution in [2.24, 2.45) is 5.14 Å². The van der Waals surface area contributed by atoms with E-state index in [9.17, 15) is 4.21 Å². The number of aromatic nitrogens is 1. The number of benzene rings is 2. The van der Waals surface area contributed by atoms with Crippen molar-refractivity contribution in [3.8, 4) is 17.0 Å². The summed E-state index contributed by atoms with van der Waals surface area (Å²) in [7, 11) is 0.609. The molecule has 1 fully saturated rings. The minimum Gasteiger partial charge on any atom is -0.489 e. The number of hydrogen-bond acceptors (Lipinski definition) is 7. The zero-order valence-corrected chi connectivity index (χ0v) is 22.9. The Balaban J connectivity index is 0.00000167. The van der Waals surface area contributed by atoms with Crippen molar-refractivity contribution in [2.45, 2.75) is 45.2 Å². The molecule has 0 aliphatic carbocycles.